The van der Waals surface area contributed by atoms with Gasteiger partial charge in [0.2, 0.25) is 5.95 Å². The lowest BCUT2D eigenvalue weighted by atomic mass is 9.81. The lowest BCUT2D eigenvalue weighted by Gasteiger charge is -2.22. The van der Waals surface area contributed by atoms with Gasteiger partial charge in [-0.15, -0.1) is 11.3 Å². The first-order valence-electron chi connectivity index (χ1n) is 16.2. The Kier molecular flexibility index (Phi) is 4.80. The highest BCUT2D eigenvalue weighted by molar-refractivity contribution is 7.26. The fourth-order valence-corrected chi connectivity index (χ4v) is 9.66. The van der Waals surface area contributed by atoms with E-state index in [4.69, 9.17) is 9.97 Å². The summed E-state index contributed by atoms with van der Waals surface area (Å²) in [7, 11) is 0. The number of hydrogen-bond acceptors (Lipinski definition) is 3. The molecule has 0 N–H and O–H groups in total. The standard InChI is InChI=1S/C43H27N3S/c1-43(2)30-19-10-17-27-25-14-6-7-15-26(25)28-18-11-20-32-36(28)38-33(23-22-31(43)37(38)35(27)30)46(32)42-44-39(24-12-4-3-5-13-24)41-40(45-42)29-16-8-9-21-34(29)47-41/h3-23H,1-2H3. The topological polar surface area (TPSA) is 30.7 Å². The number of nitrogens with zero attached hydrogens (tertiary/aromatic N) is 3. The molecule has 11 rings (SSSR count). The maximum atomic E-state index is 5.45. The van der Waals surface area contributed by atoms with Crippen molar-refractivity contribution < 1.29 is 0 Å². The second-order valence-electron chi connectivity index (χ2n) is 13.3. The van der Waals surface area contributed by atoms with Gasteiger partial charge in [0, 0.05) is 31.8 Å². The van der Waals surface area contributed by atoms with Gasteiger partial charge in [-0.25, -0.2) is 9.97 Å². The average molecular weight is 618 g/mol. The minimum Gasteiger partial charge on any atom is -0.278 e. The Morgan fingerprint density at radius 2 is 1.15 bits per heavy atom. The molecule has 220 valence electrons. The van der Waals surface area contributed by atoms with Gasteiger partial charge < -0.3 is 0 Å². The highest BCUT2D eigenvalue weighted by Crippen LogP contribution is 2.53. The zero-order valence-electron chi connectivity index (χ0n) is 25.9. The van der Waals surface area contributed by atoms with Crippen LogP contribution in [-0.4, -0.2) is 14.5 Å². The Balaban J connectivity index is 1.40. The normalized spacial score (nSPS) is 13.9. The molecule has 3 heterocycles. The first-order valence-corrected chi connectivity index (χ1v) is 17.0. The SMILES string of the molecule is CC1(C)c2cccc3c4ccccc4c4cccc5c4c4c(c1ccc4n5-c1nc(-c4ccccc4)c4sc5ccccc5c4n1)c23. The number of benzene rings is 6. The number of rotatable bonds is 2. The van der Waals surface area contributed by atoms with Gasteiger partial charge in [0.05, 0.1) is 26.9 Å². The van der Waals surface area contributed by atoms with Crippen LogP contribution in [0.1, 0.15) is 25.0 Å². The molecule has 1 aliphatic carbocycles. The van der Waals surface area contributed by atoms with Crippen LogP contribution in [0.2, 0.25) is 0 Å². The second-order valence-corrected chi connectivity index (χ2v) is 14.4. The van der Waals surface area contributed by atoms with Gasteiger partial charge in [-0.2, -0.15) is 0 Å². The zero-order valence-corrected chi connectivity index (χ0v) is 26.7. The summed E-state index contributed by atoms with van der Waals surface area (Å²) in [5.41, 5.74) is 8.00. The molecule has 4 heteroatoms. The fourth-order valence-electron chi connectivity index (χ4n) is 8.51. The number of fused-ring (bicyclic) bond motifs is 6. The predicted octanol–water partition coefficient (Wildman–Crippen LogP) is 11.7. The van der Waals surface area contributed by atoms with Gasteiger partial charge in [-0.05, 0) is 61.6 Å². The van der Waals surface area contributed by atoms with Crippen LogP contribution in [0.4, 0.5) is 0 Å². The summed E-state index contributed by atoms with van der Waals surface area (Å²) in [6.45, 7) is 4.75. The largest absolute Gasteiger partial charge is 0.278 e. The van der Waals surface area contributed by atoms with Crippen LogP contribution in [0.5, 0.6) is 0 Å². The molecule has 47 heavy (non-hydrogen) atoms. The predicted molar refractivity (Wildman–Crippen MR) is 199 cm³/mol. The van der Waals surface area contributed by atoms with Crippen molar-refractivity contribution in [3.8, 4) is 17.2 Å². The minimum atomic E-state index is -0.122. The Labute approximate surface area is 274 Å². The molecule has 3 nitrogen and oxygen atoms in total. The maximum absolute atomic E-state index is 5.45. The Bertz CT molecular complexity index is 2980. The molecule has 0 aliphatic heterocycles. The van der Waals surface area contributed by atoms with Crippen LogP contribution in [0.25, 0.3) is 91.6 Å². The third-order valence-electron chi connectivity index (χ3n) is 10.6. The molecule has 3 aromatic heterocycles. The van der Waals surface area contributed by atoms with E-state index in [0.29, 0.717) is 5.95 Å². The van der Waals surface area contributed by atoms with E-state index in [1.807, 2.05) is 0 Å². The lowest BCUT2D eigenvalue weighted by molar-refractivity contribution is 0.663. The van der Waals surface area contributed by atoms with Crippen LogP contribution in [-0.2, 0) is 5.41 Å². The third-order valence-corrected chi connectivity index (χ3v) is 11.7. The molecule has 1 aliphatic rings. The quantitative estimate of drug-likeness (QED) is 0.193. The highest BCUT2D eigenvalue weighted by Gasteiger charge is 2.35. The van der Waals surface area contributed by atoms with E-state index in [1.165, 1.54) is 64.3 Å². The van der Waals surface area contributed by atoms with Crippen LogP contribution in [0, 0.1) is 0 Å². The molecule has 0 atom stereocenters. The summed E-state index contributed by atoms with van der Waals surface area (Å²) < 4.78 is 4.67. The van der Waals surface area contributed by atoms with Crippen molar-refractivity contribution in [3.63, 3.8) is 0 Å². The molecule has 0 radical (unpaired) electrons. The summed E-state index contributed by atoms with van der Waals surface area (Å²) in [4.78, 5) is 10.9. The molecule has 0 amide bonds. The summed E-state index contributed by atoms with van der Waals surface area (Å²) in [6, 6.07) is 46.4. The molecule has 7 aromatic carbocycles. The Morgan fingerprint density at radius 1 is 0.511 bits per heavy atom. The Hall–Kier alpha value is -5.58. The molecule has 0 saturated carbocycles. The van der Waals surface area contributed by atoms with E-state index in [2.05, 4.69) is 146 Å². The van der Waals surface area contributed by atoms with Crippen molar-refractivity contribution in [2.75, 3.05) is 0 Å². The van der Waals surface area contributed by atoms with Crippen LogP contribution < -0.4 is 0 Å². The number of aromatic nitrogens is 3. The van der Waals surface area contributed by atoms with Crippen molar-refractivity contribution in [2.45, 2.75) is 19.3 Å². The van der Waals surface area contributed by atoms with Gasteiger partial charge in [-0.1, -0.05) is 123 Å². The molecule has 0 saturated heterocycles. The van der Waals surface area contributed by atoms with E-state index in [0.717, 1.165) is 32.5 Å². The lowest BCUT2D eigenvalue weighted by Crippen LogP contribution is -2.15. The van der Waals surface area contributed by atoms with E-state index in [9.17, 15) is 0 Å². The molecule has 10 aromatic rings. The van der Waals surface area contributed by atoms with Gasteiger partial charge in [-0.3, -0.25) is 4.57 Å². The van der Waals surface area contributed by atoms with Crippen molar-refractivity contribution in [3.05, 3.63) is 139 Å². The summed E-state index contributed by atoms with van der Waals surface area (Å²) in [5.74, 6) is 0.704. The van der Waals surface area contributed by atoms with E-state index in [1.54, 1.807) is 11.3 Å². The first kappa shape index (κ1) is 25.6. The van der Waals surface area contributed by atoms with Crippen LogP contribution >= 0.6 is 11.3 Å². The fraction of sp³-hybridized carbons (Fsp3) is 0.0698. The summed E-state index contributed by atoms with van der Waals surface area (Å²) in [6.07, 6.45) is 0. The van der Waals surface area contributed by atoms with Crippen LogP contribution in [0.15, 0.2) is 127 Å². The zero-order chi connectivity index (χ0) is 31.0. The molecule has 0 bridgehead atoms. The van der Waals surface area contributed by atoms with Crippen LogP contribution in [0.3, 0.4) is 0 Å². The monoisotopic (exact) mass is 617 g/mol. The van der Waals surface area contributed by atoms with E-state index in [-0.39, 0.29) is 5.41 Å². The molecule has 0 spiro atoms. The average Bonchev–Trinajstić information content (AvgIpc) is 3.73. The number of hydrogen-bond donors (Lipinski definition) is 0. The maximum Gasteiger partial charge on any atom is 0.235 e. The second kappa shape index (κ2) is 8.81. The minimum absolute atomic E-state index is 0.122. The number of thiophene rings is 1. The van der Waals surface area contributed by atoms with Crippen molar-refractivity contribution in [1.82, 2.24) is 14.5 Å². The van der Waals surface area contributed by atoms with Crippen molar-refractivity contribution >= 4 is 85.8 Å². The summed E-state index contributed by atoms with van der Waals surface area (Å²) in [5, 5.41) is 11.6. The Morgan fingerprint density at radius 3 is 1.96 bits per heavy atom. The summed E-state index contributed by atoms with van der Waals surface area (Å²) >= 11 is 1.78. The van der Waals surface area contributed by atoms with Gasteiger partial charge in [0.1, 0.15) is 0 Å². The van der Waals surface area contributed by atoms with Crippen molar-refractivity contribution in [2.24, 2.45) is 0 Å². The smallest absolute Gasteiger partial charge is 0.235 e. The van der Waals surface area contributed by atoms with Gasteiger partial charge in [0.25, 0.3) is 0 Å². The molecule has 0 unspecified atom stereocenters. The van der Waals surface area contributed by atoms with E-state index < -0.39 is 0 Å². The van der Waals surface area contributed by atoms with Gasteiger partial charge in [0.15, 0.2) is 0 Å². The highest BCUT2D eigenvalue weighted by atomic mass is 32.1. The molecule has 0 fully saturated rings. The first-order chi connectivity index (χ1) is 23.1. The van der Waals surface area contributed by atoms with Crippen molar-refractivity contribution in [1.29, 1.82) is 0 Å². The van der Waals surface area contributed by atoms with E-state index >= 15 is 0 Å². The van der Waals surface area contributed by atoms with Gasteiger partial charge >= 0.3 is 0 Å². The third kappa shape index (κ3) is 3.16. The molecular formula is C43H27N3S. The molecular weight excluding hydrogens is 591 g/mol.